The molecule has 38 heavy (non-hydrogen) atoms. The van der Waals surface area contributed by atoms with Crippen molar-refractivity contribution in [3.63, 3.8) is 0 Å². The molecule has 7 nitrogen and oxygen atoms in total. The number of carbonyl (C=O) groups excluding carboxylic acids is 1. The van der Waals surface area contributed by atoms with Gasteiger partial charge in [-0.1, -0.05) is 29.3 Å². The standard InChI is InChI=1S/C28H35Cl2N5O2S/c1-2-37-25(36)21-6-8-33(9-7-21)17-34-27(38)35(31-16-22-23(29)4-3-5-24(22)30)26(32-34)28-13-18-10-19(14-28)12-20(11-18)15-28/h3-5,16,18-21H,2,6-15,17H2,1H3/b31-16+. The summed E-state index contributed by atoms with van der Waals surface area (Å²) in [6.07, 6.45) is 10.9. The second-order valence-corrected chi connectivity index (χ2v) is 13.0. The second kappa shape index (κ2) is 10.7. The normalized spacial score (nSPS) is 29.4. The molecule has 0 atom stereocenters. The molecule has 1 saturated heterocycles. The average molecular weight is 577 g/mol. The highest BCUT2D eigenvalue weighted by molar-refractivity contribution is 7.71. The van der Waals surface area contributed by atoms with E-state index in [1.54, 1.807) is 6.21 Å². The van der Waals surface area contributed by atoms with Crippen LogP contribution in [0.5, 0.6) is 0 Å². The first-order valence-electron chi connectivity index (χ1n) is 13.9. The fraction of sp³-hybridized carbons (Fsp3) is 0.643. The lowest BCUT2D eigenvalue weighted by Crippen LogP contribution is -2.49. The van der Waals surface area contributed by atoms with Crippen LogP contribution in [0.3, 0.4) is 0 Å². The van der Waals surface area contributed by atoms with Gasteiger partial charge in [0, 0.05) is 24.1 Å². The van der Waals surface area contributed by atoms with E-state index in [4.69, 9.17) is 50.4 Å². The van der Waals surface area contributed by atoms with Crippen molar-refractivity contribution in [1.29, 1.82) is 0 Å². The topological polar surface area (TPSA) is 64.7 Å². The molecule has 0 amide bonds. The third kappa shape index (κ3) is 4.98. The second-order valence-electron chi connectivity index (χ2n) is 11.8. The maximum Gasteiger partial charge on any atom is 0.309 e. The van der Waals surface area contributed by atoms with Crippen LogP contribution in [0.1, 0.15) is 69.7 Å². The van der Waals surface area contributed by atoms with Crippen LogP contribution in [-0.4, -0.2) is 51.2 Å². The minimum absolute atomic E-state index is 0.0199. The molecule has 2 aromatic rings. The van der Waals surface area contributed by atoms with Crippen molar-refractivity contribution in [3.05, 3.63) is 44.4 Å². The molecule has 0 spiro atoms. The molecule has 1 aliphatic heterocycles. The first kappa shape index (κ1) is 26.5. The SMILES string of the molecule is CCOC(=O)C1CCN(Cn2nc(C34CC5CC(CC(C5)C3)C4)n(/N=C/c3c(Cl)cccc3Cl)c2=S)CC1. The van der Waals surface area contributed by atoms with E-state index >= 15 is 0 Å². The van der Waals surface area contributed by atoms with Gasteiger partial charge in [-0.2, -0.15) is 14.9 Å². The van der Waals surface area contributed by atoms with Crippen molar-refractivity contribution in [3.8, 4) is 0 Å². The van der Waals surface area contributed by atoms with Crippen LogP contribution in [0.2, 0.25) is 10.0 Å². The van der Waals surface area contributed by atoms with E-state index in [0.717, 1.165) is 49.5 Å². The zero-order chi connectivity index (χ0) is 26.4. The Morgan fingerprint density at radius 2 is 1.74 bits per heavy atom. The van der Waals surface area contributed by atoms with E-state index in [9.17, 15) is 4.79 Å². The fourth-order valence-electron chi connectivity index (χ4n) is 7.82. The Morgan fingerprint density at radius 3 is 2.32 bits per heavy atom. The van der Waals surface area contributed by atoms with Gasteiger partial charge in [0.25, 0.3) is 0 Å². The van der Waals surface area contributed by atoms with Gasteiger partial charge in [0.15, 0.2) is 5.82 Å². The summed E-state index contributed by atoms with van der Waals surface area (Å²) in [5.41, 5.74) is 0.703. The number of nitrogens with zero attached hydrogens (tertiary/aromatic N) is 5. The summed E-state index contributed by atoms with van der Waals surface area (Å²) in [5.74, 6) is 3.21. The van der Waals surface area contributed by atoms with Crippen LogP contribution in [-0.2, 0) is 21.6 Å². The lowest BCUT2D eigenvalue weighted by atomic mass is 9.49. The van der Waals surface area contributed by atoms with Gasteiger partial charge in [-0.15, -0.1) is 0 Å². The summed E-state index contributed by atoms with van der Waals surface area (Å²) in [5, 5.41) is 11.2. The summed E-state index contributed by atoms with van der Waals surface area (Å²) in [6.45, 7) is 4.49. The van der Waals surface area contributed by atoms with Gasteiger partial charge in [0.2, 0.25) is 4.77 Å². The third-order valence-corrected chi connectivity index (χ3v) is 10.2. The zero-order valence-corrected chi connectivity index (χ0v) is 24.1. The Hall–Kier alpha value is -1.74. The molecule has 0 unspecified atom stereocenters. The van der Waals surface area contributed by atoms with Crippen LogP contribution in [0, 0.1) is 28.4 Å². The van der Waals surface area contributed by atoms with E-state index in [0.29, 0.717) is 33.7 Å². The number of benzene rings is 1. The number of aromatic nitrogens is 3. The van der Waals surface area contributed by atoms with Crippen molar-refractivity contribution < 1.29 is 9.53 Å². The molecule has 204 valence electrons. The van der Waals surface area contributed by atoms with E-state index in [2.05, 4.69) is 4.90 Å². The first-order valence-corrected chi connectivity index (χ1v) is 15.1. The van der Waals surface area contributed by atoms with Gasteiger partial charge < -0.3 is 4.74 Å². The number of rotatable bonds is 7. The van der Waals surface area contributed by atoms with Crippen LogP contribution in [0.15, 0.2) is 23.3 Å². The van der Waals surface area contributed by atoms with Crippen molar-refractivity contribution in [2.75, 3.05) is 19.7 Å². The molecule has 5 aliphatic rings. The smallest absolute Gasteiger partial charge is 0.309 e. The number of esters is 1. The molecule has 7 rings (SSSR count). The van der Waals surface area contributed by atoms with Gasteiger partial charge in [-0.3, -0.25) is 9.69 Å². The molecule has 1 aromatic heterocycles. The highest BCUT2D eigenvalue weighted by Gasteiger charge is 2.54. The Kier molecular flexibility index (Phi) is 7.44. The number of carbonyl (C=O) groups is 1. The highest BCUT2D eigenvalue weighted by Crippen LogP contribution is 2.60. The maximum atomic E-state index is 12.2. The minimum atomic E-state index is -0.0790. The molecule has 2 heterocycles. The number of hydrogen-bond acceptors (Lipinski definition) is 6. The molecule has 1 aromatic carbocycles. The maximum absolute atomic E-state index is 12.2. The number of halogens is 2. The predicted octanol–water partition coefficient (Wildman–Crippen LogP) is 6.30. The molecule has 0 N–H and O–H groups in total. The Balaban J connectivity index is 1.31. The van der Waals surface area contributed by atoms with Crippen molar-refractivity contribution >= 4 is 47.6 Å². The quantitative estimate of drug-likeness (QED) is 0.220. The van der Waals surface area contributed by atoms with E-state index < -0.39 is 0 Å². The van der Waals surface area contributed by atoms with Crippen LogP contribution in [0.25, 0.3) is 0 Å². The summed E-state index contributed by atoms with van der Waals surface area (Å²) < 4.78 is 9.64. The molecule has 4 bridgehead atoms. The summed E-state index contributed by atoms with van der Waals surface area (Å²) >= 11 is 18.9. The van der Waals surface area contributed by atoms with E-state index in [-0.39, 0.29) is 17.3 Å². The summed E-state index contributed by atoms with van der Waals surface area (Å²) in [4.78, 5) is 14.5. The number of piperidine rings is 1. The number of hydrogen-bond donors (Lipinski definition) is 0. The highest BCUT2D eigenvalue weighted by atomic mass is 35.5. The zero-order valence-electron chi connectivity index (χ0n) is 21.8. The van der Waals surface area contributed by atoms with E-state index in [1.165, 1.54) is 38.5 Å². The van der Waals surface area contributed by atoms with Crippen molar-refractivity contribution in [2.24, 2.45) is 28.8 Å². The van der Waals surface area contributed by atoms with Gasteiger partial charge in [-0.25, -0.2) is 4.68 Å². The molecular formula is C28H35Cl2N5O2S. The van der Waals surface area contributed by atoms with Gasteiger partial charge in [-0.05, 0) is 100 Å². The molecule has 5 fully saturated rings. The number of likely N-dealkylation sites (tertiary alicyclic amines) is 1. The van der Waals surface area contributed by atoms with Crippen LogP contribution < -0.4 is 0 Å². The lowest BCUT2D eigenvalue weighted by molar-refractivity contribution is -0.149. The van der Waals surface area contributed by atoms with Gasteiger partial charge in [0.05, 0.1) is 35.5 Å². The molecule has 0 radical (unpaired) electrons. The van der Waals surface area contributed by atoms with Gasteiger partial charge in [0.1, 0.15) is 0 Å². The monoisotopic (exact) mass is 575 g/mol. The van der Waals surface area contributed by atoms with Crippen LogP contribution in [0.4, 0.5) is 0 Å². The predicted molar refractivity (Wildman–Crippen MR) is 151 cm³/mol. The summed E-state index contributed by atoms with van der Waals surface area (Å²) in [7, 11) is 0. The Bertz CT molecular complexity index is 1240. The van der Waals surface area contributed by atoms with Crippen molar-refractivity contribution in [1.82, 2.24) is 19.4 Å². The molecule has 4 aliphatic carbocycles. The lowest BCUT2D eigenvalue weighted by Gasteiger charge is -2.55. The summed E-state index contributed by atoms with van der Waals surface area (Å²) in [6, 6.07) is 5.46. The third-order valence-electron chi connectivity index (χ3n) is 9.17. The first-order chi connectivity index (χ1) is 18.3. The largest absolute Gasteiger partial charge is 0.466 e. The Labute approximate surface area is 239 Å². The Morgan fingerprint density at radius 1 is 1.13 bits per heavy atom. The molecule has 4 saturated carbocycles. The van der Waals surface area contributed by atoms with Crippen LogP contribution >= 0.6 is 35.4 Å². The average Bonchev–Trinajstić information content (AvgIpc) is 3.19. The number of ether oxygens (including phenoxy) is 1. The fourth-order valence-corrected chi connectivity index (χ4v) is 8.55. The molecular weight excluding hydrogens is 541 g/mol. The minimum Gasteiger partial charge on any atom is -0.466 e. The van der Waals surface area contributed by atoms with Gasteiger partial charge >= 0.3 is 5.97 Å². The van der Waals surface area contributed by atoms with Crippen molar-refractivity contribution in [2.45, 2.75) is 70.4 Å². The van der Waals surface area contributed by atoms with E-state index in [1.807, 2.05) is 34.5 Å². The molecule has 10 heteroatoms.